The molecule has 1 aromatic heterocycles. The number of carbonyl (C=O) groups excluding carboxylic acids is 1. The summed E-state index contributed by atoms with van der Waals surface area (Å²) in [4.78, 5) is 17.3. The molecule has 1 fully saturated rings. The van der Waals surface area contributed by atoms with E-state index in [0.717, 1.165) is 13.0 Å². The number of hydrogen-bond donors (Lipinski definition) is 0. The normalized spacial score (nSPS) is 19.7. The van der Waals surface area contributed by atoms with Crippen molar-refractivity contribution in [3.8, 4) is 0 Å². The summed E-state index contributed by atoms with van der Waals surface area (Å²) in [7, 11) is 0. The third-order valence-corrected chi connectivity index (χ3v) is 3.35. The first-order valence-corrected chi connectivity index (χ1v) is 5.95. The lowest BCUT2D eigenvalue weighted by Gasteiger charge is -2.12. The third kappa shape index (κ3) is 1.85. The van der Waals surface area contributed by atoms with Gasteiger partial charge in [0, 0.05) is 26.1 Å². The zero-order chi connectivity index (χ0) is 12.7. The van der Waals surface area contributed by atoms with E-state index in [0.29, 0.717) is 23.5 Å². The van der Waals surface area contributed by atoms with Gasteiger partial charge in [0.15, 0.2) is 11.5 Å². The standard InChI is InChI=1S/C13H13FN2O2/c1-8(17)16-5-4-9(7-16)13-15-11-6-10(14)2-3-12(11)18-13/h2-3,6,9H,4-5,7H2,1H3/t9-/m0/s1. The van der Waals surface area contributed by atoms with Gasteiger partial charge in [-0.15, -0.1) is 0 Å². The fourth-order valence-corrected chi connectivity index (χ4v) is 2.34. The van der Waals surface area contributed by atoms with Crippen molar-refractivity contribution >= 4 is 17.0 Å². The first-order chi connectivity index (χ1) is 8.63. The Morgan fingerprint density at radius 1 is 1.56 bits per heavy atom. The van der Waals surface area contributed by atoms with Gasteiger partial charge in [-0.2, -0.15) is 0 Å². The number of hydrogen-bond acceptors (Lipinski definition) is 3. The number of halogens is 1. The molecule has 1 aliphatic rings. The highest BCUT2D eigenvalue weighted by Crippen LogP contribution is 2.29. The van der Waals surface area contributed by atoms with E-state index in [9.17, 15) is 9.18 Å². The van der Waals surface area contributed by atoms with Gasteiger partial charge in [0.2, 0.25) is 5.91 Å². The minimum Gasteiger partial charge on any atom is -0.440 e. The molecule has 0 radical (unpaired) electrons. The molecule has 1 aliphatic heterocycles. The molecule has 1 saturated heterocycles. The SMILES string of the molecule is CC(=O)N1CC[C@H](c2nc3cc(F)ccc3o2)C1. The summed E-state index contributed by atoms with van der Waals surface area (Å²) >= 11 is 0. The maximum atomic E-state index is 13.1. The molecular formula is C13H13FN2O2. The first-order valence-electron chi connectivity index (χ1n) is 5.95. The van der Waals surface area contributed by atoms with Crippen LogP contribution in [0.3, 0.4) is 0 Å². The molecule has 0 spiro atoms. The highest BCUT2D eigenvalue weighted by atomic mass is 19.1. The van der Waals surface area contributed by atoms with Crippen LogP contribution in [0.15, 0.2) is 22.6 Å². The van der Waals surface area contributed by atoms with Crippen LogP contribution in [0.1, 0.15) is 25.2 Å². The highest BCUT2D eigenvalue weighted by molar-refractivity contribution is 5.74. The molecule has 1 atom stereocenters. The molecule has 4 nitrogen and oxygen atoms in total. The number of carbonyl (C=O) groups is 1. The summed E-state index contributed by atoms with van der Waals surface area (Å²) in [5.41, 5.74) is 1.12. The molecule has 0 saturated carbocycles. The zero-order valence-corrected chi connectivity index (χ0v) is 10.0. The Balaban J connectivity index is 1.89. The van der Waals surface area contributed by atoms with E-state index in [1.807, 2.05) is 0 Å². The fraction of sp³-hybridized carbons (Fsp3) is 0.385. The highest BCUT2D eigenvalue weighted by Gasteiger charge is 2.29. The minimum absolute atomic E-state index is 0.0691. The molecule has 0 bridgehead atoms. The predicted molar refractivity (Wildman–Crippen MR) is 63.6 cm³/mol. The number of fused-ring (bicyclic) bond motifs is 1. The van der Waals surface area contributed by atoms with E-state index in [-0.39, 0.29) is 17.6 Å². The molecule has 2 heterocycles. The summed E-state index contributed by atoms with van der Waals surface area (Å²) in [6.07, 6.45) is 0.842. The molecular weight excluding hydrogens is 235 g/mol. The quantitative estimate of drug-likeness (QED) is 0.778. The number of rotatable bonds is 1. The van der Waals surface area contributed by atoms with Crippen LogP contribution in [-0.4, -0.2) is 28.9 Å². The predicted octanol–water partition coefficient (Wildman–Crippen LogP) is 2.30. The summed E-state index contributed by atoms with van der Waals surface area (Å²) in [6, 6.07) is 4.30. The number of oxazole rings is 1. The average molecular weight is 248 g/mol. The van der Waals surface area contributed by atoms with Gasteiger partial charge < -0.3 is 9.32 Å². The van der Waals surface area contributed by atoms with E-state index < -0.39 is 0 Å². The van der Waals surface area contributed by atoms with Gasteiger partial charge in [-0.25, -0.2) is 9.37 Å². The summed E-state index contributed by atoms with van der Waals surface area (Å²) in [5.74, 6) is 0.461. The summed E-state index contributed by atoms with van der Waals surface area (Å²) in [5, 5.41) is 0. The lowest BCUT2D eigenvalue weighted by molar-refractivity contribution is -0.127. The second kappa shape index (κ2) is 4.08. The molecule has 1 aromatic carbocycles. The number of benzene rings is 1. The smallest absolute Gasteiger partial charge is 0.219 e. The molecule has 0 N–H and O–H groups in total. The van der Waals surface area contributed by atoms with Gasteiger partial charge in [-0.05, 0) is 18.6 Å². The van der Waals surface area contributed by atoms with E-state index in [1.165, 1.54) is 12.1 Å². The van der Waals surface area contributed by atoms with Crippen LogP contribution in [0, 0.1) is 5.82 Å². The lowest BCUT2D eigenvalue weighted by Crippen LogP contribution is -2.25. The van der Waals surface area contributed by atoms with Crippen molar-refractivity contribution in [2.24, 2.45) is 0 Å². The number of likely N-dealkylation sites (tertiary alicyclic amines) is 1. The second-order valence-electron chi connectivity index (χ2n) is 4.61. The Morgan fingerprint density at radius 3 is 3.11 bits per heavy atom. The van der Waals surface area contributed by atoms with Crippen LogP contribution < -0.4 is 0 Å². The Kier molecular flexibility index (Phi) is 2.54. The average Bonchev–Trinajstić information content (AvgIpc) is 2.93. The van der Waals surface area contributed by atoms with Gasteiger partial charge in [-0.1, -0.05) is 0 Å². The fourth-order valence-electron chi connectivity index (χ4n) is 2.34. The minimum atomic E-state index is -0.320. The zero-order valence-electron chi connectivity index (χ0n) is 10.0. The number of nitrogens with zero attached hydrogens (tertiary/aromatic N) is 2. The third-order valence-electron chi connectivity index (χ3n) is 3.35. The van der Waals surface area contributed by atoms with Gasteiger partial charge in [-0.3, -0.25) is 4.79 Å². The molecule has 3 rings (SSSR count). The van der Waals surface area contributed by atoms with Crippen molar-refractivity contribution in [2.45, 2.75) is 19.3 Å². The lowest BCUT2D eigenvalue weighted by atomic mass is 10.1. The largest absolute Gasteiger partial charge is 0.440 e. The van der Waals surface area contributed by atoms with Crippen LogP contribution in [0.25, 0.3) is 11.1 Å². The van der Waals surface area contributed by atoms with Crippen molar-refractivity contribution in [2.75, 3.05) is 13.1 Å². The van der Waals surface area contributed by atoms with E-state index in [1.54, 1.807) is 17.9 Å². The molecule has 0 aliphatic carbocycles. The van der Waals surface area contributed by atoms with E-state index >= 15 is 0 Å². The van der Waals surface area contributed by atoms with E-state index in [4.69, 9.17) is 4.42 Å². The van der Waals surface area contributed by atoms with Gasteiger partial charge >= 0.3 is 0 Å². The Hall–Kier alpha value is -1.91. The second-order valence-corrected chi connectivity index (χ2v) is 4.61. The maximum absolute atomic E-state index is 13.1. The van der Waals surface area contributed by atoms with Crippen molar-refractivity contribution in [3.63, 3.8) is 0 Å². The van der Waals surface area contributed by atoms with Crippen molar-refractivity contribution < 1.29 is 13.6 Å². The van der Waals surface area contributed by atoms with Crippen molar-refractivity contribution in [3.05, 3.63) is 29.9 Å². The summed E-state index contributed by atoms with van der Waals surface area (Å²) < 4.78 is 18.7. The molecule has 0 unspecified atom stereocenters. The van der Waals surface area contributed by atoms with Crippen molar-refractivity contribution in [1.82, 2.24) is 9.88 Å². The first kappa shape index (κ1) is 11.2. The Bertz CT molecular complexity index is 608. The Labute approximate surface area is 103 Å². The molecule has 18 heavy (non-hydrogen) atoms. The molecule has 1 amide bonds. The maximum Gasteiger partial charge on any atom is 0.219 e. The van der Waals surface area contributed by atoms with Gasteiger partial charge in [0.05, 0.1) is 5.92 Å². The molecule has 2 aromatic rings. The number of aromatic nitrogens is 1. The van der Waals surface area contributed by atoms with Crippen LogP contribution >= 0.6 is 0 Å². The monoisotopic (exact) mass is 248 g/mol. The topological polar surface area (TPSA) is 46.3 Å². The number of amides is 1. The van der Waals surface area contributed by atoms with E-state index in [2.05, 4.69) is 4.98 Å². The van der Waals surface area contributed by atoms with Crippen LogP contribution in [0.5, 0.6) is 0 Å². The molecule has 94 valence electrons. The summed E-state index contributed by atoms with van der Waals surface area (Å²) in [6.45, 7) is 2.92. The molecule has 5 heteroatoms. The van der Waals surface area contributed by atoms with Crippen molar-refractivity contribution in [1.29, 1.82) is 0 Å². The van der Waals surface area contributed by atoms with Crippen LogP contribution in [0.4, 0.5) is 4.39 Å². The van der Waals surface area contributed by atoms with Gasteiger partial charge in [0.1, 0.15) is 11.3 Å². The Morgan fingerprint density at radius 2 is 2.39 bits per heavy atom. The van der Waals surface area contributed by atoms with Crippen LogP contribution in [0.2, 0.25) is 0 Å². The van der Waals surface area contributed by atoms with Gasteiger partial charge in [0.25, 0.3) is 0 Å². The van der Waals surface area contributed by atoms with Crippen LogP contribution in [-0.2, 0) is 4.79 Å².